The van der Waals surface area contributed by atoms with Crippen molar-refractivity contribution in [3.8, 4) is 17.2 Å². The highest BCUT2D eigenvalue weighted by Gasteiger charge is 2.39. The fourth-order valence-corrected chi connectivity index (χ4v) is 10.1. The highest BCUT2D eigenvalue weighted by molar-refractivity contribution is 5.72. The molecule has 0 saturated heterocycles. The van der Waals surface area contributed by atoms with Crippen LogP contribution in [0.3, 0.4) is 0 Å². The topological polar surface area (TPSA) is 166 Å². The molecule has 11 nitrogen and oxygen atoms in total. The molecule has 0 aliphatic heterocycles. The van der Waals surface area contributed by atoms with Gasteiger partial charge in [-0.3, -0.25) is 19.2 Å². The molecule has 0 heterocycles. The van der Waals surface area contributed by atoms with Crippen molar-refractivity contribution in [2.24, 2.45) is 5.41 Å². The molecule has 0 saturated carbocycles. The van der Waals surface area contributed by atoms with Crippen molar-refractivity contribution in [3.05, 3.63) is 121 Å². The molecular formula is C73H108O11. The summed E-state index contributed by atoms with van der Waals surface area (Å²) in [7, 11) is 0. The second-order valence-electron chi connectivity index (χ2n) is 32.2. The number of carbonyl (C=O) groups is 4. The Morgan fingerprint density at radius 2 is 0.464 bits per heavy atom. The van der Waals surface area contributed by atoms with Crippen molar-refractivity contribution >= 4 is 23.9 Å². The number of hydrogen-bond donors (Lipinski definition) is 3. The molecule has 0 unspecified atom stereocenters. The molecule has 0 aliphatic rings. The number of aromatic hydroxyl groups is 3. The number of benzene rings is 4. The van der Waals surface area contributed by atoms with Gasteiger partial charge in [0.25, 0.3) is 0 Å². The highest BCUT2D eigenvalue weighted by Crippen LogP contribution is 2.43. The van der Waals surface area contributed by atoms with Gasteiger partial charge >= 0.3 is 23.9 Å². The lowest BCUT2D eigenvalue weighted by molar-refractivity contribution is -0.170. The van der Waals surface area contributed by atoms with Crippen LogP contribution < -0.4 is 0 Å². The van der Waals surface area contributed by atoms with Gasteiger partial charge < -0.3 is 34.3 Å². The third kappa shape index (κ3) is 20.1. The van der Waals surface area contributed by atoms with Crippen LogP contribution in [0, 0.1) is 5.41 Å². The standard InChI is InChI=1S/C73H108O11/c1-65(2,3)50-33-46(34-51(41-50)66(4,5)6)25-29-58(74)81-42-73(43-82-59(75)30-26-47-35-52(67(7,8)9)62(78)53(36-47)68(10,11)12,44-83-60(76)31-27-48-37-54(69(13,14)15)63(79)55(38-48)70(16,17)18)45-84-61(77)32-28-49-39-56(71(19,20)21)64(80)57(40-49)72(22,23)24/h33-41,78-80H,25-32,42-45H2,1-24H3. The van der Waals surface area contributed by atoms with E-state index in [0.29, 0.717) is 25.7 Å². The van der Waals surface area contributed by atoms with E-state index in [-0.39, 0.29) is 86.3 Å². The molecule has 0 spiro atoms. The van der Waals surface area contributed by atoms with Gasteiger partial charge in [0.2, 0.25) is 0 Å². The molecule has 3 N–H and O–H groups in total. The lowest BCUT2D eigenvalue weighted by atomic mass is 9.78. The van der Waals surface area contributed by atoms with Crippen LogP contribution in [0.1, 0.15) is 259 Å². The number of ether oxygens (including phenoxy) is 4. The molecule has 11 heteroatoms. The fraction of sp³-hybridized carbons (Fsp3) is 0.616. The van der Waals surface area contributed by atoms with Crippen molar-refractivity contribution in [2.75, 3.05) is 26.4 Å². The summed E-state index contributed by atoms with van der Waals surface area (Å²) in [5, 5.41) is 34.3. The van der Waals surface area contributed by atoms with Crippen LogP contribution in [-0.4, -0.2) is 65.6 Å². The lowest BCUT2D eigenvalue weighted by Gasteiger charge is -2.32. The first kappa shape index (κ1) is 70.6. The molecule has 0 radical (unpaired) electrons. The van der Waals surface area contributed by atoms with Gasteiger partial charge in [0.05, 0.1) is 0 Å². The van der Waals surface area contributed by atoms with Crippen LogP contribution in [0.25, 0.3) is 0 Å². The van der Waals surface area contributed by atoms with Crippen LogP contribution in [-0.2, 0) is 107 Å². The summed E-state index contributed by atoms with van der Waals surface area (Å²) in [4.78, 5) is 56.4. The van der Waals surface area contributed by atoms with Crippen LogP contribution in [0.2, 0.25) is 0 Å². The first-order valence-electron chi connectivity index (χ1n) is 30.4. The average molecular weight is 1160 g/mol. The van der Waals surface area contributed by atoms with Crippen LogP contribution in [0.15, 0.2) is 54.6 Å². The largest absolute Gasteiger partial charge is 0.507 e. The first-order chi connectivity index (χ1) is 38.0. The Morgan fingerprint density at radius 1 is 0.286 bits per heavy atom. The summed E-state index contributed by atoms with van der Waals surface area (Å²) in [6.07, 6.45) is 1.15. The number of aryl methyl sites for hydroxylation is 4. The van der Waals surface area contributed by atoms with Gasteiger partial charge in [0, 0.05) is 25.7 Å². The Labute approximate surface area is 506 Å². The quantitative estimate of drug-likeness (QED) is 0.0569. The molecule has 0 fully saturated rings. The fourth-order valence-electron chi connectivity index (χ4n) is 10.1. The number of hydrogen-bond acceptors (Lipinski definition) is 11. The summed E-state index contributed by atoms with van der Waals surface area (Å²) in [5.41, 5.74) is 6.30. The number of rotatable bonds is 20. The van der Waals surface area contributed by atoms with E-state index < -0.39 is 55.7 Å². The van der Waals surface area contributed by atoms with E-state index in [0.717, 1.165) is 66.8 Å². The third-order valence-corrected chi connectivity index (χ3v) is 15.7. The molecule has 0 bridgehead atoms. The van der Waals surface area contributed by atoms with Crippen molar-refractivity contribution in [1.82, 2.24) is 0 Å². The van der Waals surface area contributed by atoms with Crippen molar-refractivity contribution in [2.45, 2.75) is 261 Å². The van der Waals surface area contributed by atoms with E-state index >= 15 is 0 Å². The summed E-state index contributed by atoms with van der Waals surface area (Å²) in [6.45, 7) is 47.8. The normalized spacial score (nSPS) is 13.2. The molecule has 4 aromatic carbocycles. The van der Waals surface area contributed by atoms with Crippen LogP contribution in [0.4, 0.5) is 0 Å². The van der Waals surface area contributed by atoms with Crippen LogP contribution in [0.5, 0.6) is 17.2 Å². The van der Waals surface area contributed by atoms with E-state index in [4.69, 9.17) is 18.9 Å². The molecule has 0 aliphatic carbocycles. The van der Waals surface area contributed by atoms with Gasteiger partial charge in [-0.15, -0.1) is 0 Å². The van der Waals surface area contributed by atoms with Crippen molar-refractivity contribution in [3.63, 3.8) is 0 Å². The van der Waals surface area contributed by atoms with Gasteiger partial charge in [0.1, 0.15) is 49.1 Å². The smallest absolute Gasteiger partial charge is 0.306 e. The Hall–Kier alpha value is -5.84. The minimum absolute atomic E-state index is 0.0197. The van der Waals surface area contributed by atoms with E-state index in [2.05, 4.69) is 59.7 Å². The maximum Gasteiger partial charge on any atom is 0.306 e. The molecule has 4 rings (SSSR count). The second kappa shape index (κ2) is 26.4. The molecule has 0 atom stereocenters. The van der Waals surface area contributed by atoms with Gasteiger partial charge in [-0.2, -0.15) is 0 Å². The van der Waals surface area contributed by atoms with Crippen molar-refractivity contribution < 1.29 is 53.4 Å². The first-order valence-corrected chi connectivity index (χ1v) is 30.4. The van der Waals surface area contributed by atoms with Gasteiger partial charge in [0.15, 0.2) is 0 Å². The number of phenolic OH excluding ortho intramolecular Hbond substituents is 3. The lowest BCUT2D eigenvalue weighted by Crippen LogP contribution is -2.44. The van der Waals surface area contributed by atoms with E-state index in [9.17, 15) is 34.5 Å². The highest BCUT2D eigenvalue weighted by atomic mass is 16.6. The Morgan fingerprint density at radius 3 is 0.631 bits per heavy atom. The van der Waals surface area contributed by atoms with Gasteiger partial charge in [-0.1, -0.05) is 221 Å². The zero-order valence-electron chi connectivity index (χ0n) is 56.3. The predicted molar refractivity (Wildman–Crippen MR) is 340 cm³/mol. The molecular weight excluding hydrogens is 1050 g/mol. The maximum atomic E-state index is 14.1. The molecule has 0 amide bonds. The summed E-state index contributed by atoms with van der Waals surface area (Å²) < 4.78 is 24.5. The number of carbonyl (C=O) groups excluding carboxylic acids is 4. The summed E-state index contributed by atoms with van der Waals surface area (Å²) >= 11 is 0. The Kier molecular flexibility index (Phi) is 22.2. The van der Waals surface area contributed by atoms with E-state index in [1.54, 1.807) is 0 Å². The zero-order valence-corrected chi connectivity index (χ0v) is 56.3. The monoisotopic (exact) mass is 1160 g/mol. The second-order valence-corrected chi connectivity index (χ2v) is 32.2. The molecule has 4 aromatic rings. The maximum absolute atomic E-state index is 14.1. The van der Waals surface area contributed by atoms with Gasteiger partial charge in [-0.05, 0) is 136 Å². The molecule has 466 valence electrons. The van der Waals surface area contributed by atoms with E-state index in [1.807, 2.05) is 161 Å². The molecule has 0 aromatic heterocycles. The average Bonchev–Trinajstić information content (AvgIpc) is 1.70. The number of phenols is 3. The van der Waals surface area contributed by atoms with Crippen molar-refractivity contribution in [1.29, 1.82) is 0 Å². The number of esters is 4. The zero-order chi connectivity index (χ0) is 64.1. The minimum atomic E-state index is -1.55. The Balaban J connectivity index is 1.75. The Bertz CT molecular complexity index is 2590. The van der Waals surface area contributed by atoms with Gasteiger partial charge in [-0.25, -0.2) is 0 Å². The summed E-state index contributed by atoms with van der Waals surface area (Å²) in [6, 6.07) is 18.1. The van der Waals surface area contributed by atoms with Crippen LogP contribution >= 0.6 is 0 Å². The predicted octanol–water partition coefficient (Wildman–Crippen LogP) is 16.2. The minimum Gasteiger partial charge on any atom is -0.507 e. The van der Waals surface area contributed by atoms with E-state index in [1.165, 1.54) is 0 Å². The third-order valence-electron chi connectivity index (χ3n) is 15.7. The SMILES string of the molecule is CC(C)(C)c1cc(CCC(=O)OCC(COC(=O)CCc2cc(C(C)(C)C)c(O)c(C(C)(C)C)c2)(COC(=O)CCc2cc(C(C)(C)C)c(O)c(C(C)(C)C)c2)COC(=O)CCc2cc(C(C)(C)C)c(O)c(C(C)(C)C)c2)cc(C(C)(C)C)c1. The summed E-state index contributed by atoms with van der Waals surface area (Å²) in [5.74, 6) is -1.56. The molecule has 84 heavy (non-hydrogen) atoms.